The molecule has 0 spiro atoms. The van der Waals surface area contributed by atoms with Crippen LogP contribution in [0.2, 0.25) is 0 Å². The van der Waals surface area contributed by atoms with E-state index in [1.807, 2.05) is 0 Å². The summed E-state index contributed by atoms with van der Waals surface area (Å²) in [6.07, 6.45) is 0. The molecule has 0 saturated carbocycles. The maximum atomic E-state index is 6.25. The fraction of sp³-hybridized carbons (Fsp3) is 0. The van der Waals surface area contributed by atoms with E-state index >= 15 is 0 Å². The van der Waals surface area contributed by atoms with Crippen LogP contribution >= 0.6 is 0 Å². The van der Waals surface area contributed by atoms with Gasteiger partial charge in [-0.25, -0.2) is 0 Å². The molecule has 1 nitrogen and oxygen atoms in total. The van der Waals surface area contributed by atoms with Crippen molar-refractivity contribution in [3.8, 4) is 0 Å². The van der Waals surface area contributed by atoms with E-state index in [-0.39, 0.29) is 35.6 Å². The van der Waals surface area contributed by atoms with Crippen LogP contribution < -0.4 is 0 Å². The van der Waals surface area contributed by atoms with E-state index in [9.17, 15) is 0 Å². The number of hydrogen-bond donors (Lipinski definition) is 0. The van der Waals surface area contributed by atoms with Crippen molar-refractivity contribution >= 4 is 0 Å². The van der Waals surface area contributed by atoms with Gasteiger partial charge in [0.15, 0.2) is 0 Å². The summed E-state index contributed by atoms with van der Waals surface area (Å²) in [6.45, 7) is 4.75. The molecule has 0 atom stereocenters. The predicted molar refractivity (Wildman–Crippen MR) is 4.97 cm³/mol. The van der Waals surface area contributed by atoms with Crippen molar-refractivity contribution in [2.24, 2.45) is 0 Å². The van der Waals surface area contributed by atoms with Gasteiger partial charge in [-0.2, -0.15) is 0 Å². The molecule has 0 aliphatic carbocycles. The first-order chi connectivity index (χ1) is 1.00. The number of hydrogen-bond acceptors (Lipinski definition) is 1. The van der Waals surface area contributed by atoms with Gasteiger partial charge in [-0.3, -0.25) is 0 Å². The van der Waals surface area contributed by atoms with Crippen molar-refractivity contribution in [2.75, 3.05) is 0 Å². The Bertz CT molecular complexity index is 12.8. The molecule has 4 heavy (non-hydrogen) atoms. The molecule has 0 amide bonds. The SMILES string of the molecule is [C-]#N.[Fe].[V]. The summed E-state index contributed by atoms with van der Waals surface area (Å²) in [4.78, 5) is 0. The van der Waals surface area contributed by atoms with E-state index in [2.05, 4.69) is 0 Å². The second-order valence-corrected chi connectivity index (χ2v) is 0. The van der Waals surface area contributed by atoms with E-state index < -0.39 is 0 Å². The molecule has 0 aliphatic rings. The van der Waals surface area contributed by atoms with E-state index in [0.29, 0.717) is 0 Å². The van der Waals surface area contributed by atoms with Gasteiger partial charge in [0.05, 0.1) is 0 Å². The molecule has 0 heterocycles. The molecular formula is CFeNV-. The molecule has 0 fully saturated rings. The average molecular weight is 133 g/mol. The van der Waals surface area contributed by atoms with Crippen LogP contribution in [-0.4, -0.2) is 0 Å². The Kier molecular flexibility index (Phi) is 400. The molecule has 0 aliphatic heterocycles. The minimum absolute atomic E-state index is 0. The molecule has 0 aromatic rings. The normalized spacial score (nSPS) is 0.500. The topological polar surface area (TPSA) is 23.8 Å². The zero-order valence-electron chi connectivity index (χ0n) is 1.75. The summed E-state index contributed by atoms with van der Waals surface area (Å²) >= 11 is 0. The Morgan fingerprint density at radius 3 is 1.25 bits per heavy atom. The van der Waals surface area contributed by atoms with Gasteiger partial charge in [0.2, 0.25) is 0 Å². The van der Waals surface area contributed by atoms with Crippen molar-refractivity contribution in [2.45, 2.75) is 0 Å². The molecule has 0 unspecified atom stereocenters. The van der Waals surface area contributed by atoms with Crippen LogP contribution in [0.1, 0.15) is 0 Å². The Labute approximate surface area is 47.7 Å². The van der Waals surface area contributed by atoms with Gasteiger partial charge < -0.3 is 11.8 Å². The van der Waals surface area contributed by atoms with Crippen molar-refractivity contribution < 1.29 is 35.6 Å². The smallest absolute Gasteiger partial charge is 0 e. The second-order valence-electron chi connectivity index (χ2n) is 0. The average Bonchev–Trinajstić information content (AvgIpc) is 1.00. The van der Waals surface area contributed by atoms with Crippen LogP contribution in [0.4, 0.5) is 0 Å². The first-order valence-corrected chi connectivity index (χ1v) is 0.224. The Balaban J connectivity index is -0.00000000500. The quantitative estimate of drug-likeness (QED) is 0.339. The Morgan fingerprint density at radius 1 is 1.25 bits per heavy atom. The van der Waals surface area contributed by atoms with Gasteiger partial charge >= 0.3 is 0 Å². The monoisotopic (exact) mass is 133 g/mol. The molecule has 0 saturated heterocycles. The minimum atomic E-state index is 0. The first-order valence-electron chi connectivity index (χ1n) is 0.224. The van der Waals surface area contributed by atoms with Crippen molar-refractivity contribution in [3.63, 3.8) is 0 Å². The number of nitrogens with zero attached hydrogens (tertiary/aromatic N) is 1. The maximum Gasteiger partial charge on any atom is 0 e. The molecule has 0 aromatic heterocycles. The van der Waals surface area contributed by atoms with Crippen LogP contribution in [-0.2, 0) is 35.6 Å². The molecule has 1 radical (unpaired) electrons. The molecule has 23 valence electrons. The van der Waals surface area contributed by atoms with Gasteiger partial charge in [-0.05, 0) is 0 Å². The number of rotatable bonds is 0. The zero-order chi connectivity index (χ0) is 2.00. The molecule has 0 rings (SSSR count). The Hall–Kier alpha value is 0.594. The maximum absolute atomic E-state index is 6.25. The van der Waals surface area contributed by atoms with E-state index in [1.54, 1.807) is 0 Å². The van der Waals surface area contributed by atoms with E-state index in [0.717, 1.165) is 0 Å². The third-order valence-electron chi connectivity index (χ3n) is 0. The van der Waals surface area contributed by atoms with Crippen LogP contribution in [0.3, 0.4) is 0 Å². The van der Waals surface area contributed by atoms with Crippen molar-refractivity contribution in [3.05, 3.63) is 6.57 Å². The summed E-state index contributed by atoms with van der Waals surface area (Å²) in [7, 11) is 0. The van der Waals surface area contributed by atoms with Gasteiger partial charge in [0.1, 0.15) is 0 Å². The minimum Gasteiger partial charge on any atom is -0.512 e. The van der Waals surface area contributed by atoms with Crippen molar-refractivity contribution in [1.29, 1.82) is 5.26 Å². The van der Waals surface area contributed by atoms with Crippen LogP contribution in [0.25, 0.3) is 0 Å². The molecular weight excluding hydrogens is 133 g/mol. The largest absolute Gasteiger partial charge is 0.512 e. The standard InChI is InChI=1S/CN.Fe.V/c1-2;;/q-1;;. The fourth-order valence-electron chi connectivity index (χ4n) is 0. The molecule has 3 heteroatoms. The summed E-state index contributed by atoms with van der Waals surface area (Å²) in [5, 5.41) is 6.25. The van der Waals surface area contributed by atoms with E-state index in [1.165, 1.54) is 0 Å². The third kappa shape index (κ3) is 18.7. The van der Waals surface area contributed by atoms with Gasteiger partial charge in [-0.1, -0.05) is 0 Å². The molecule has 0 aromatic carbocycles. The van der Waals surface area contributed by atoms with Crippen LogP contribution in [0.15, 0.2) is 0 Å². The summed E-state index contributed by atoms with van der Waals surface area (Å²) in [5.74, 6) is 0. The Morgan fingerprint density at radius 2 is 1.25 bits per heavy atom. The molecule has 0 N–H and O–H groups in total. The van der Waals surface area contributed by atoms with E-state index in [4.69, 9.17) is 11.8 Å². The summed E-state index contributed by atoms with van der Waals surface area (Å²) in [6, 6.07) is 0. The van der Waals surface area contributed by atoms with Gasteiger partial charge in [-0.15, -0.1) is 0 Å². The summed E-state index contributed by atoms with van der Waals surface area (Å²) in [5.41, 5.74) is 0. The summed E-state index contributed by atoms with van der Waals surface area (Å²) < 4.78 is 0. The van der Waals surface area contributed by atoms with Gasteiger partial charge in [0, 0.05) is 35.6 Å². The van der Waals surface area contributed by atoms with Gasteiger partial charge in [0.25, 0.3) is 0 Å². The third-order valence-corrected chi connectivity index (χ3v) is 0. The second kappa shape index (κ2) is 68.6. The van der Waals surface area contributed by atoms with Crippen LogP contribution in [0.5, 0.6) is 0 Å². The zero-order valence-corrected chi connectivity index (χ0v) is 4.25. The molecule has 0 bridgehead atoms. The predicted octanol–water partition coefficient (Wildman–Crippen LogP) is 0.0914. The van der Waals surface area contributed by atoms with Crippen molar-refractivity contribution in [1.82, 2.24) is 0 Å². The fourth-order valence-corrected chi connectivity index (χ4v) is 0. The first kappa shape index (κ1) is 23.4. The van der Waals surface area contributed by atoms with Crippen LogP contribution in [0, 0.1) is 11.8 Å².